The van der Waals surface area contributed by atoms with Gasteiger partial charge in [0.15, 0.2) is 0 Å². The number of rotatable bonds is 3. The van der Waals surface area contributed by atoms with Crippen molar-refractivity contribution in [3.05, 3.63) is 64.5 Å². The van der Waals surface area contributed by atoms with E-state index < -0.39 is 0 Å². The number of ether oxygens (including phenoxy) is 1. The Morgan fingerprint density at radius 2 is 2.11 bits per heavy atom. The van der Waals surface area contributed by atoms with E-state index in [2.05, 4.69) is 33.9 Å². The van der Waals surface area contributed by atoms with Crippen molar-refractivity contribution < 1.29 is 4.74 Å². The molecule has 0 aliphatic rings. The first kappa shape index (κ1) is 12.2. The van der Waals surface area contributed by atoms with Gasteiger partial charge in [-0.2, -0.15) is 0 Å². The zero-order valence-electron chi connectivity index (χ0n) is 10.5. The largest absolute Gasteiger partial charge is 0.487 e. The molecule has 0 aliphatic heterocycles. The van der Waals surface area contributed by atoms with E-state index in [1.807, 2.05) is 47.1 Å². The molecule has 19 heavy (non-hydrogen) atoms. The van der Waals surface area contributed by atoms with Crippen LogP contribution in [-0.4, -0.2) is 9.38 Å². The minimum atomic E-state index is 0.475. The van der Waals surface area contributed by atoms with Crippen LogP contribution in [0.3, 0.4) is 0 Å². The minimum Gasteiger partial charge on any atom is -0.487 e. The second kappa shape index (κ2) is 5.05. The second-order valence-electron chi connectivity index (χ2n) is 4.45. The first-order valence-electron chi connectivity index (χ1n) is 6.03. The molecule has 0 atom stereocenters. The van der Waals surface area contributed by atoms with Gasteiger partial charge in [-0.3, -0.25) is 0 Å². The molecule has 1 aromatic carbocycles. The van der Waals surface area contributed by atoms with Crippen molar-refractivity contribution in [1.29, 1.82) is 0 Å². The summed E-state index contributed by atoms with van der Waals surface area (Å²) in [4.78, 5) is 4.51. The molecule has 2 heterocycles. The van der Waals surface area contributed by atoms with Crippen molar-refractivity contribution in [1.82, 2.24) is 9.38 Å². The predicted octanol–water partition coefficient (Wildman–Crippen LogP) is 3.98. The van der Waals surface area contributed by atoms with Gasteiger partial charge in [0.2, 0.25) is 0 Å². The summed E-state index contributed by atoms with van der Waals surface area (Å²) in [6.07, 6.45) is 3.97. The van der Waals surface area contributed by atoms with Crippen LogP contribution in [0, 0.1) is 6.92 Å². The van der Waals surface area contributed by atoms with Crippen molar-refractivity contribution in [2.45, 2.75) is 13.5 Å². The quantitative estimate of drug-likeness (QED) is 0.730. The lowest BCUT2D eigenvalue weighted by atomic mass is 10.2. The second-order valence-corrected chi connectivity index (χ2v) is 5.37. The van der Waals surface area contributed by atoms with Gasteiger partial charge >= 0.3 is 0 Å². The monoisotopic (exact) mass is 316 g/mol. The van der Waals surface area contributed by atoms with E-state index >= 15 is 0 Å². The van der Waals surface area contributed by atoms with Gasteiger partial charge in [-0.1, -0.05) is 12.1 Å². The summed E-state index contributed by atoms with van der Waals surface area (Å²) in [7, 11) is 0. The van der Waals surface area contributed by atoms with Gasteiger partial charge < -0.3 is 9.14 Å². The molecule has 0 N–H and O–H groups in total. The van der Waals surface area contributed by atoms with Crippen LogP contribution in [0.25, 0.3) is 5.65 Å². The maximum absolute atomic E-state index is 5.75. The standard InChI is InChI=1S/C15H13BrN2O/c1-11-3-2-4-14(7-11)19-10-13-9-18-8-12(16)5-6-15(18)17-13/h2-9H,10H2,1H3. The Kier molecular flexibility index (Phi) is 3.25. The third-order valence-corrected chi connectivity index (χ3v) is 3.31. The maximum Gasteiger partial charge on any atom is 0.137 e. The molecule has 0 bridgehead atoms. The Balaban J connectivity index is 1.78. The van der Waals surface area contributed by atoms with Crippen molar-refractivity contribution in [3.8, 4) is 5.75 Å². The molecular formula is C15H13BrN2O. The van der Waals surface area contributed by atoms with Gasteiger partial charge in [-0.05, 0) is 52.7 Å². The summed E-state index contributed by atoms with van der Waals surface area (Å²) in [6, 6.07) is 12.0. The molecule has 3 rings (SSSR count). The Hall–Kier alpha value is -1.81. The van der Waals surface area contributed by atoms with E-state index in [1.54, 1.807) is 0 Å². The van der Waals surface area contributed by atoms with Gasteiger partial charge in [0.05, 0.1) is 5.69 Å². The predicted molar refractivity (Wildman–Crippen MR) is 78.4 cm³/mol. The number of aromatic nitrogens is 2. The average molecular weight is 317 g/mol. The Bertz CT molecular complexity index is 721. The molecule has 3 aromatic rings. The molecule has 3 nitrogen and oxygen atoms in total. The molecule has 0 unspecified atom stereocenters. The highest BCUT2D eigenvalue weighted by atomic mass is 79.9. The zero-order valence-corrected chi connectivity index (χ0v) is 12.1. The van der Waals surface area contributed by atoms with Gasteiger partial charge in [-0.25, -0.2) is 4.98 Å². The number of aryl methyl sites for hydroxylation is 1. The maximum atomic E-state index is 5.75. The SMILES string of the molecule is Cc1cccc(OCc2cn3cc(Br)ccc3n2)c1. The Labute approximate surface area is 120 Å². The molecule has 0 amide bonds. The lowest BCUT2D eigenvalue weighted by molar-refractivity contribution is 0.302. The van der Waals surface area contributed by atoms with Crippen LogP contribution in [-0.2, 0) is 6.61 Å². The number of pyridine rings is 1. The first-order chi connectivity index (χ1) is 9.20. The van der Waals surface area contributed by atoms with Crippen molar-refractivity contribution in [2.24, 2.45) is 0 Å². The van der Waals surface area contributed by atoms with Crippen LogP contribution in [0.2, 0.25) is 0 Å². The number of imidazole rings is 1. The van der Waals surface area contributed by atoms with Crippen molar-refractivity contribution in [3.63, 3.8) is 0 Å². The lowest BCUT2D eigenvalue weighted by Crippen LogP contribution is -1.95. The summed E-state index contributed by atoms with van der Waals surface area (Å²) >= 11 is 3.45. The molecule has 2 aromatic heterocycles. The summed E-state index contributed by atoms with van der Waals surface area (Å²) in [5.74, 6) is 0.873. The fourth-order valence-corrected chi connectivity index (χ4v) is 2.30. The zero-order chi connectivity index (χ0) is 13.2. The molecule has 0 saturated carbocycles. The normalized spacial score (nSPS) is 10.8. The van der Waals surface area contributed by atoms with Crippen LogP contribution < -0.4 is 4.74 Å². The third-order valence-electron chi connectivity index (χ3n) is 2.84. The summed E-state index contributed by atoms with van der Waals surface area (Å²) in [5.41, 5.74) is 3.03. The van der Waals surface area contributed by atoms with Crippen LogP contribution in [0.4, 0.5) is 0 Å². The molecular weight excluding hydrogens is 304 g/mol. The fraction of sp³-hybridized carbons (Fsp3) is 0.133. The molecule has 4 heteroatoms. The van der Waals surface area contributed by atoms with Gasteiger partial charge in [0, 0.05) is 16.9 Å². The molecule has 0 fully saturated rings. The van der Waals surface area contributed by atoms with E-state index in [4.69, 9.17) is 4.74 Å². The number of halogens is 1. The number of hydrogen-bond acceptors (Lipinski definition) is 2. The number of benzene rings is 1. The Morgan fingerprint density at radius 1 is 1.21 bits per heavy atom. The summed E-state index contributed by atoms with van der Waals surface area (Å²) in [6.45, 7) is 2.53. The molecule has 0 radical (unpaired) electrons. The van der Waals surface area contributed by atoms with E-state index in [0.717, 1.165) is 21.6 Å². The fourth-order valence-electron chi connectivity index (χ4n) is 1.95. The van der Waals surface area contributed by atoms with Gasteiger partial charge in [0.1, 0.15) is 18.0 Å². The summed E-state index contributed by atoms with van der Waals surface area (Å²) in [5, 5.41) is 0. The minimum absolute atomic E-state index is 0.475. The highest BCUT2D eigenvalue weighted by molar-refractivity contribution is 9.10. The smallest absolute Gasteiger partial charge is 0.137 e. The van der Waals surface area contributed by atoms with E-state index in [0.29, 0.717) is 6.61 Å². The van der Waals surface area contributed by atoms with E-state index in [9.17, 15) is 0 Å². The highest BCUT2D eigenvalue weighted by Gasteiger charge is 2.03. The van der Waals surface area contributed by atoms with Crippen LogP contribution in [0.15, 0.2) is 53.3 Å². The van der Waals surface area contributed by atoms with E-state index in [-0.39, 0.29) is 0 Å². The topological polar surface area (TPSA) is 26.5 Å². The van der Waals surface area contributed by atoms with Crippen molar-refractivity contribution >= 4 is 21.6 Å². The summed E-state index contributed by atoms with van der Waals surface area (Å²) < 4.78 is 8.76. The van der Waals surface area contributed by atoms with Crippen LogP contribution in [0.1, 0.15) is 11.3 Å². The first-order valence-corrected chi connectivity index (χ1v) is 6.82. The molecule has 0 aliphatic carbocycles. The highest BCUT2D eigenvalue weighted by Crippen LogP contribution is 2.16. The lowest BCUT2D eigenvalue weighted by Gasteiger charge is -2.04. The number of nitrogens with zero attached hydrogens (tertiary/aromatic N) is 2. The average Bonchev–Trinajstić information content (AvgIpc) is 2.78. The third kappa shape index (κ3) is 2.79. The van der Waals surface area contributed by atoms with Gasteiger partial charge in [0.25, 0.3) is 0 Å². The Morgan fingerprint density at radius 3 is 2.95 bits per heavy atom. The van der Waals surface area contributed by atoms with Crippen molar-refractivity contribution in [2.75, 3.05) is 0 Å². The molecule has 0 spiro atoms. The van der Waals surface area contributed by atoms with Crippen LogP contribution in [0.5, 0.6) is 5.75 Å². The van der Waals surface area contributed by atoms with E-state index in [1.165, 1.54) is 5.56 Å². The molecule has 96 valence electrons. The molecule has 0 saturated heterocycles. The number of hydrogen-bond donors (Lipinski definition) is 0. The van der Waals surface area contributed by atoms with Gasteiger partial charge in [-0.15, -0.1) is 0 Å². The van der Waals surface area contributed by atoms with Crippen LogP contribution >= 0.6 is 15.9 Å². The number of fused-ring (bicyclic) bond motifs is 1.